The highest BCUT2D eigenvalue weighted by molar-refractivity contribution is 7.89. The van der Waals surface area contributed by atoms with Gasteiger partial charge >= 0.3 is 0 Å². The zero-order valence-corrected chi connectivity index (χ0v) is 15.1. The van der Waals surface area contributed by atoms with Crippen molar-refractivity contribution in [3.63, 3.8) is 0 Å². The number of carbonyl (C=O) groups excluding carboxylic acids is 1. The first kappa shape index (κ1) is 18.7. The Morgan fingerprint density at radius 1 is 1.33 bits per heavy atom. The molecule has 0 bridgehead atoms. The Kier molecular flexibility index (Phi) is 6.62. The highest BCUT2D eigenvalue weighted by Gasteiger charge is 2.31. The number of ether oxygens (including phenoxy) is 1. The van der Waals surface area contributed by atoms with Gasteiger partial charge in [0.15, 0.2) is 0 Å². The Labute approximate surface area is 144 Å². The minimum absolute atomic E-state index is 0.129. The number of rotatable bonds is 7. The van der Waals surface area contributed by atoms with Crippen molar-refractivity contribution in [1.29, 1.82) is 0 Å². The van der Waals surface area contributed by atoms with Gasteiger partial charge in [-0.3, -0.25) is 4.79 Å². The van der Waals surface area contributed by atoms with E-state index < -0.39 is 10.0 Å². The molecule has 1 N–H and O–H groups in total. The summed E-state index contributed by atoms with van der Waals surface area (Å²) >= 11 is 0. The molecule has 0 radical (unpaired) electrons. The second-order valence-electron chi connectivity index (χ2n) is 6.08. The van der Waals surface area contributed by atoms with Crippen LogP contribution in [0.1, 0.15) is 32.6 Å². The second-order valence-corrected chi connectivity index (χ2v) is 8.17. The van der Waals surface area contributed by atoms with Crippen LogP contribution in [0, 0.1) is 5.92 Å². The maximum Gasteiger partial charge on any atom is 0.228 e. The molecule has 0 aromatic heterocycles. The number of carbonyl (C=O) groups is 1. The highest BCUT2D eigenvalue weighted by Crippen LogP contribution is 2.22. The van der Waals surface area contributed by atoms with Gasteiger partial charge in [-0.05, 0) is 43.5 Å². The standard InChI is InChI=1S/C17H26N2O4S/c1-3-4-12-24(21,22)19-11-5-6-14(13-19)17(20)18-15-7-9-16(23-2)10-8-15/h7-10,14H,3-6,11-13H2,1-2H3,(H,18,20). The van der Waals surface area contributed by atoms with E-state index in [-0.39, 0.29) is 24.1 Å². The van der Waals surface area contributed by atoms with Crippen molar-refractivity contribution >= 4 is 21.6 Å². The molecule has 7 heteroatoms. The number of piperidine rings is 1. The molecular weight excluding hydrogens is 328 g/mol. The molecule has 0 saturated carbocycles. The average molecular weight is 354 g/mol. The highest BCUT2D eigenvalue weighted by atomic mass is 32.2. The minimum Gasteiger partial charge on any atom is -0.497 e. The summed E-state index contributed by atoms with van der Waals surface area (Å²) < 4.78 is 31.2. The van der Waals surface area contributed by atoms with Crippen LogP contribution in [0.25, 0.3) is 0 Å². The SMILES string of the molecule is CCCCS(=O)(=O)N1CCCC(C(=O)Nc2ccc(OC)cc2)C1. The number of nitrogens with one attached hydrogen (secondary N) is 1. The van der Waals surface area contributed by atoms with E-state index >= 15 is 0 Å². The number of nitrogens with zero attached hydrogens (tertiary/aromatic N) is 1. The summed E-state index contributed by atoms with van der Waals surface area (Å²) in [4.78, 5) is 12.4. The van der Waals surface area contributed by atoms with Crippen LogP contribution in [0.5, 0.6) is 5.75 Å². The third kappa shape index (κ3) is 4.95. The molecule has 0 aliphatic carbocycles. The molecule has 1 atom stereocenters. The van der Waals surface area contributed by atoms with Crippen LogP contribution in [0.15, 0.2) is 24.3 Å². The number of sulfonamides is 1. The predicted molar refractivity (Wildman–Crippen MR) is 94.6 cm³/mol. The molecule has 1 aromatic rings. The number of anilines is 1. The molecule has 134 valence electrons. The van der Waals surface area contributed by atoms with Crippen LogP contribution in [0.3, 0.4) is 0 Å². The summed E-state index contributed by atoms with van der Waals surface area (Å²) in [5.74, 6) is 0.447. The van der Waals surface area contributed by atoms with Gasteiger partial charge in [-0.25, -0.2) is 12.7 Å². The van der Waals surface area contributed by atoms with Crippen LogP contribution in [-0.4, -0.2) is 44.6 Å². The van der Waals surface area contributed by atoms with Crippen molar-refractivity contribution in [3.8, 4) is 5.75 Å². The molecule has 0 spiro atoms. The van der Waals surface area contributed by atoms with Gasteiger partial charge in [0.05, 0.1) is 18.8 Å². The fourth-order valence-corrected chi connectivity index (χ4v) is 4.51. The Bertz CT molecular complexity index is 643. The maximum atomic E-state index is 12.4. The topological polar surface area (TPSA) is 75.7 Å². The zero-order valence-electron chi connectivity index (χ0n) is 14.3. The van der Waals surface area contributed by atoms with Crippen LogP contribution in [0.4, 0.5) is 5.69 Å². The Morgan fingerprint density at radius 2 is 2.04 bits per heavy atom. The van der Waals surface area contributed by atoms with Crippen LogP contribution in [-0.2, 0) is 14.8 Å². The number of hydrogen-bond acceptors (Lipinski definition) is 4. The van der Waals surface area contributed by atoms with E-state index in [0.717, 1.165) is 12.2 Å². The average Bonchev–Trinajstić information content (AvgIpc) is 2.61. The zero-order chi connectivity index (χ0) is 17.6. The van der Waals surface area contributed by atoms with E-state index in [2.05, 4.69) is 5.32 Å². The van der Waals surface area contributed by atoms with Crippen molar-refractivity contribution in [2.75, 3.05) is 31.3 Å². The molecule has 24 heavy (non-hydrogen) atoms. The van der Waals surface area contributed by atoms with E-state index in [1.54, 1.807) is 31.4 Å². The molecule has 1 heterocycles. The molecule has 6 nitrogen and oxygen atoms in total. The molecule has 1 unspecified atom stereocenters. The number of benzene rings is 1. The first-order valence-corrected chi connectivity index (χ1v) is 10.00. The first-order valence-electron chi connectivity index (χ1n) is 8.39. The quantitative estimate of drug-likeness (QED) is 0.816. The van der Waals surface area contributed by atoms with E-state index in [1.165, 1.54) is 4.31 Å². The first-order chi connectivity index (χ1) is 11.5. The molecule has 1 aliphatic heterocycles. The van der Waals surface area contributed by atoms with Gasteiger partial charge in [-0.2, -0.15) is 0 Å². The number of hydrogen-bond donors (Lipinski definition) is 1. The maximum absolute atomic E-state index is 12.4. The number of unbranched alkanes of at least 4 members (excludes halogenated alkanes) is 1. The van der Waals surface area contributed by atoms with Crippen molar-refractivity contribution < 1.29 is 17.9 Å². The monoisotopic (exact) mass is 354 g/mol. The predicted octanol–water partition coefficient (Wildman–Crippen LogP) is 2.48. The van der Waals surface area contributed by atoms with Gasteiger partial charge in [0, 0.05) is 18.8 Å². The van der Waals surface area contributed by atoms with Crippen LogP contribution >= 0.6 is 0 Å². The molecule has 1 aliphatic rings. The van der Waals surface area contributed by atoms with E-state index in [1.807, 2.05) is 6.92 Å². The lowest BCUT2D eigenvalue weighted by Gasteiger charge is -2.31. The lowest BCUT2D eigenvalue weighted by atomic mass is 9.99. The van der Waals surface area contributed by atoms with Crippen molar-refractivity contribution in [3.05, 3.63) is 24.3 Å². The third-order valence-electron chi connectivity index (χ3n) is 4.26. The third-order valence-corrected chi connectivity index (χ3v) is 6.18. The summed E-state index contributed by atoms with van der Waals surface area (Å²) in [5.41, 5.74) is 0.687. The van der Waals surface area contributed by atoms with Gasteiger partial charge in [0.2, 0.25) is 15.9 Å². The molecule has 1 amide bonds. The normalized spacial score (nSPS) is 19.0. The van der Waals surface area contributed by atoms with Gasteiger partial charge in [0.1, 0.15) is 5.75 Å². The Hall–Kier alpha value is -1.60. The van der Waals surface area contributed by atoms with Crippen molar-refractivity contribution in [2.45, 2.75) is 32.6 Å². The van der Waals surface area contributed by atoms with Gasteiger partial charge < -0.3 is 10.1 Å². The van der Waals surface area contributed by atoms with Crippen LogP contribution < -0.4 is 10.1 Å². The second kappa shape index (κ2) is 8.48. The fraction of sp³-hybridized carbons (Fsp3) is 0.588. The summed E-state index contributed by atoms with van der Waals surface area (Å²) in [6.07, 6.45) is 2.92. The molecule has 1 saturated heterocycles. The van der Waals surface area contributed by atoms with Crippen molar-refractivity contribution in [2.24, 2.45) is 5.92 Å². The van der Waals surface area contributed by atoms with Gasteiger partial charge in [-0.1, -0.05) is 13.3 Å². The number of amides is 1. The summed E-state index contributed by atoms with van der Waals surface area (Å²) in [6.45, 7) is 2.75. The summed E-state index contributed by atoms with van der Waals surface area (Å²) in [6, 6.07) is 7.10. The van der Waals surface area contributed by atoms with Crippen LogP contribution in [0.2, 0.25) is 0 Å². The smallest absolute Gasteiger partial charge is 0.228 e. The largest absolute Gasteiger partial charge is 0.497 e. The van der Waals surface area contributed by atoms with E-state index in [4.69, 9.17) is 4.74 Å². The molecule has 1 aromatic carbocycles. The Balaban J connectivity index is 1.96. The van der Waals surface area contributed by atoms with E-state index in [0.29, 0.717) is 31.5 Å². The molecule has 2 rings (SSSR count). The minimum atomic E-state index is -3.26. The van der Waals surface area contributed by atoms with Gasteiger partial charge in [-0.15, -0.1) is 0 Å². The van der Waals surface area contributed by atoms with Gasteiger partial charge in [0.25, 0.3) is 0 Å². The van der Waals surface area contributed by atoms with Crippen molar-refractivity contribution in [1.82, 2.24) is 4.31 Å². The summed E-state index contributed by atoms with van der Waals surface area (Å²) in [5, 5.41) is 2.86. The molecule has 1 fully saturated rings. The fourth-order valence-electron chi connectivity index (χ4n) is 2.78. The van der Waals surface area contributed by atoms with E-state index in [9.17, 15) is 13.2 Å². The summed E-state index contributed by atoms with van der Waals surface area (Å²) in [7, 11) is -1.67. The number of methoxy groups -OCH3 is 1. The lowest BCUT2D eigenvalue weighted by molar-refractivity contribution is -0.120. The lowest BCUT2D eigenvalue weighted by Crippen LogP contribution is -2.44. The molecular formula is C17H26N2O4S. The Morgan fingerprint density at radius 3 is 2.67 bits per heavy atom.